The van der Waals surface area contributed by atoms with E-state index in [1.54, 1.807) is 30.5 Å². The van der Waals surface area contributed by atoms with Crippen LogP contribution in [0.1, 0.15) is 35.8 Å². The molecular weight excluding hydrogens is 330 g/mol. The normalized spacial score (nSPS) is 11.8. The molecule has 0 fully saturated rings. The van der Waals surface area contributed by atoms with E-state index in [1.165, 1.54) is 6.07 Å². The van der Waals surface area contributed by atoms with Crippen LogP contribution in [0.3, 0.4) is 0 Å². The summed E-state index contributed by atoms with van der Waals surface area (Å²) in [5.74, 6) is -0.265. The molecule has 6 nitrogen and oxygen atoms in total. The molecule has 4 N–H and O–H groups in total. The first kappa shape index (κ1) is 18.0. The molecule has 0 saturated heterocycles. The highest BCUT2D eigenvalue weighted by atomic mass is 35.5. The number of benzene rings is 1. The summed E-state index contributed by atoms with van der Waals surface area (Å²) in [4.78, 5) is 27.3. The number of anilines is 1. The number of H-pyrrole nitrogens is 1. The third kappa shape index (κ3) is 4.84. The maximum absolute atomic E-state index is 12.5. The first-order chi connectivity index (χ1) is 11.5. The molecule has 0 aliphatic carbocycles. The van der Waals surface area contributed by atoms with Gasteiger partial charge >= 0.3 is 6.03 Å². The molecule has 1 aromatic carbocycles. The Kier molecular flexibility index (Phi) is 6.40. The number of carbonyl (C=O) groups excluding carboxylic acids is 2. The monoisotopic (exact) mass is 349 g/mol. The zero-order valence-electron chi connectivity index (χ0n) is 13.3. The predicted molar refractivity (Wildman–Crippen MR) is 93.6 cm³/mol. The van der Waals surface area contributed by atoms with Crippen LogP contribution < -0.4 is 10.6 Å². The molecule has 7 heteroatoms. The van der Waals surface area contributed by atoms with Gasteiger partial charge in [-0.05, 0) is 43.2 Å². The second kappa shape index (κ2) is 8.52. The second-order valence-electron chi connectivity index (χ2n) is 5.33. The summed E-state index contributed by atoms with van der Waals surface area (Å²) < 4.78 is 0. The van der Waals surface area contributed by atoms with Crippen molar-refractivity contribution < 1.29 is 14.7 Å². The number of aliphatic hydroxyl groups excluding tert-OH is 1. The fourth-order valence-corrected chi connectivity index (χ4v) is 2.33. The Labute approximate surface area is 145 Å². The Morgan fingerprint density at radius 2 is 2.12 bits per heavy atom. The number of urea groups is 1. The lowest BCUT2D eigenvalue weighted by Gasteiger charge is -2.12. The van der Waals surface area contributed by atoms with E-state index in [0.29, 0.717) is 41.4 Å². The Bertz CT molecular complexity index is 701. The van der Waals surface area contributed by atoms with Gasteiger partial charge in [-0.2, -0.15) is 0 Å². The molecule has 1 heterocycles. The molecule has 1 unspecified atom stereocenters. The average Bonchev–Trinajstić information content (AvgIpc) is 3.10. The van der Waals surface area contributed by atoms with Crippen LogP contribution in [0.4, 0.5) is 10.5 Å². The maximum atomic E-state index is 12.5. The van der Waals surface area contributed by atoms with E-state index in [-0.39, 0.29) is 5.78 Å². The number of aromatic nitrogens is 1. The number of rotatable bonds is 7. The third-order valence-electron chi connectivity index (χ3n) is 3.55. The number of aromatic amines is 1. The molecule has 0 radical (unpaired) electrons. The van der Waals surface area contributed by atoms with Gasteiger partial charge in [0.25, 0.3) is 0 Å². The SMILES string of the molecule is CCC(O)CCNC(=O)Nc1ccc(Cl)cc1C(=O)c1ccc[nH]1. The van der Waals surface area contributed by atoms with E-state index in [4.69, 9.17) is 11.6 Å². The summed E-state index contributed by atoms with van der Waals surface area (Å²) in [6, 6.07) is 7.63. The van der Waals surface area contributed by atoms with Crippen molar-refractivity contribution in [3.05, 3.63) is 52.8 Å². The zero-order chi connectivity index (χ0) is 17.5. The van der Waals surface area contributed by atoms with Gasteiger partial charge in [0.2, 0.25) is 5.78 Å². The minimum absolute atomic E-state index is 0.265. The number of nitrogens with one attached hydrogen (secondary N) is 3. The van der Waals surface area contributed by atoms with E-state index in [1.807, 2.05) is 6.92 Å². The molecule has 128 valence electrons. The predicted octanol–water partition coefficient (Wildman–Crippen LogP) is 3.18. The van der Waals surface area contributed by atoms with Gasteiger partial charge in [0, 0.05) is 23.3 Å². The number of halogens is 1. The van der Waals surface area contributed by atoms with Gasteiger partial charge in [-0.3, -0.25) is 4.79 Å². The Hall–Kier alpha value is -2.31. The smallest absolute Gasteiger partial charge is 0.319 e. The van der Waals surface area contributed by atoms with Crippen molar-refractivity contribution in [2.75, 3.05) is 11.9 Å². The first-order valence-corrected chi connectivity index (χ1v) is 8.09. The maximum Gasteiger partial charge on any atom is 0.319 e. The number of hydrogen-bond donors (Lipinski definition) is 4. The van der Waals surface area contributed by atoms with Gasteiger partial charge < -0.3 is 20.7 Å². The lowest BCUT2D eigenvalue weighted by molar-refractivity contribution is 0.103. The topological polar surface area (TPSA) is 94.2 Å². The van der Waals surface area contributed by atoms with Crippen LogP contribution in [0, 0.1) is 0 Å². The van der Waals surface area contributed by atoms with E-state index in [0.717, 1.165) is 0 Å². The molecular formula is C17H20ClN3O3. The summed E-state index contributed by atoms with van der Waals surface area (Å²) in [5, 5.41) is 15.2. The van der Waals surface area contributed by atoms with Crippen molar-refractivity contribution in [2.24, 2.45) is 0 Å². The molecule has 2 rings (SSSR count). The summed E-state index contributed by atoms with van der Waals surface area (Å²) in [5.41, 5.74) is 1.08. The van der Waals surface area contributed by atoms with Crippen molar-refractivity contribution in [3.8, 4) is 0 Å². The highest BCUT2D eigenvalue weighted by molar-refractivity contribution is 6.31. The fraction of sp³-hybridized carbons (Fsp3) is 0.294. The van der Waals surface area contributed by atoms with E-state index in [9.17, 15) is 14.7 Å². The van der Waals surface area contributed by atoms with Crippen molar-refractivity contribution in [2.45, 2.75) is 25.9 Å². The van der Waals surface area contributed by atoms with E-state index in [2.05, 4.69) is 15.6 Å². The number of hydrogen-bond acceptors (Lipinski definition) is 3. The van der Waals surface area contributed by atoms with Crippen molar-refractivity contribution in [1.29, 1.82) is 0 Å². The van der Waals surface area contributed by atoms with Crippen LogP contribution in [0.25, 0.3) is 0 Å². The largest absolute Gasteiger partial charge is 0.393 e. The van der Waals surface area contributed by atoms with Crippen LogP contribution >= 0.6 is 11.6 Å². The average molecular weight is 350 g/mol. The summed E-state index contributed by atoms with van der Waals surface area (Å²) in [6.07, 6.45) is 2.32. The van der Waals surface area contributed by atoms with Crippen LogP contribution in [0.15, 0.2) is 36.5 Å². The summed E-state index contributed by atoms with van der Waals surface area (Å²) in [6.45, 7) is 2.21. The Morgan fingerprint density at radius 1 is 1.33 bits per heavy atom. The molecule has 1 atom stereocenters. The minimum Gasteiger partial charge on any atom is -0.393 e. The van der Waals surface area contributed by atoms with Crippen LogP contribution in [0.2, 0.25) is 5.02 Å². The molecule has 0 aliphatic rings. The van der Waals surface area contributed by atoms with Gasteiger partial charge in [-0.25, -0.2) is 4.79 Å². The first-order valence-electron chi connectivity index (χ1n) is 7.71. The number of ketones is 1. The summed E-state index contributed by atoms with van der Waals surface area (Å²) in [7, 11) is 0. The number of carbonyl (C=O) groups is 2. The van der Waals surface area contributed by atoms with Gasteiger partial charge in [-0.15, -0.1) is 0 Å². The van der Waals surface area contributed by atoms with Crippen molar-refractivity contribution in [3.63, 3.8) is 0 Å². The lowest BCUT2D eigenvalue weighted by Crippen LogP contribution is -2.31. The second-order valence-corrected chi connectivity index (χ2v) is 5.77. The van der Waals surface area contributed by atoms with Crippen molar-refractivity contribution >= 4 is 29.1 Å². The molecule has 2 amide bonds. The number of aliphatic hydroxyl groups is 1. The fourth-order valence-electron chi connectivity index (χ4n) is 2.15. The minimum atomic E-state index is -0.443. The van der Waals surface area contributed by atoms with Crippen LogP contribution in [0.5, 0.6) is 0 Å². The van der Waals surface area contributed by atoms with Gasteiger partial charge in [-0.1, -0.05) is 18.5 Å². The lowest BCUT2D eigenvalue weighted by atomic mass is 10.1. The Morgan fingerprint density at radius 3 is 2.79 bits per heavy atom. The molecule has 24 heavy (non-hydrogen) atoms. The van der Waals surface area contributed by atoms with Crippen LogP contribution in [-0.4, -0.2) is 34.6 Å². The number of amides is 2. The van der Waals surface area contributed by atoms with Crippen LogP contribution in [-0.2, 0) is 0 Å². The quantitative estimate of drug-likeness (QED) is 0.578. The molecule has 2 aromatic rings. The van der Waals surface area contributed by atoms with Gasteiger partial charge in [0.1, 0.15) is 0 Å². The molecule has 1 aromatic heterocycles. The molecule has 0 aliphatic heterocycles. The Balaban J connectivity index is 2.07. The third-order valence-corrected chi connectivity index (χ3v) is 3.79. The highest BCUT2D eigenvalue weighted by Gasteiger charge is 2.16. The highest BCUT2D eigenvalue weighted by Crippen LogP contribution is 2.23. The van der Waals surface area contributed by atoms with E-state index >= 15 is 0 Å². The molecule has 0 saturated carbocycles. The van der Waals surface area contributed by atoms with Gasteiger partial charge in [0.05, 0.1) is 17.5 Å². The van der Waals surface area contributed by atoms with E-state index < -0.39 is 12.1 Å². The zero-order valence-corrected chi connectivity index (χ0v) is 14.1. The van der Waals surface area contributed by atoms with Crippen molar-refractivity contribution in [1.82, 2.24) is 10.3 Å². The summed E-state index contributed by atoms with van der Waals surface area (Å²) >= 11 is 5.97. The molecule has 0 bridgehead atoms. The standard InChI is InChI=1S/C17H20ClN3O3/c1-2-12(22)7-9-20-17(24)21-14-6-5-11(18)10-13(14)16(23)15-4-3-8-19-15/h3-6,8,10,12,19,22H,2,7,9H2,1H3,(H2,20,21,24). The van der Waals surface area contributed by atoms with Gasteiger partial charge in [0.15, 0.2) is 0 Å². The molecule has 0 spiro atoms.